The molecule has 0 aliphatic rings. The highest BCUT2D eigenvalue weighted by Gasteiger charge is 2.14. The number of ether oxygens (including phenoxy) is 1. The monoisotopic (exact) mass is 209 g/mol. The van der Waals surface area contributed by atoms with E-state index in [9.17, 15) is 9.59 Å². The molecule has 1 aromatic carbocycles. The molecule has 1 N–H and O–H groups in total. The van der Waals surface area contributed by atoms with Crippen molar-refractivity contribution in [2.75, 3.05) is 14.1 Å². The minimum atomic E-state index is -1.13. The fraction of sp³-hybridized carbons (Fsp3) is 0.200. The Hall–Kier alpha value is -2.04. The van der Waals surface area contributed by atoms with Crippen LogP contribution in [0.25, 0.3) is 0 Å². The number of carbonyl (C=O) groups excluding carboxylic acids is 1. The number of amides is 1. The maximum Gasteiger partial charge on any atom is 0.414 e. The van der Waals surface area contributed by atoms with Crippen LogP contribution in [-0.2, 0) is 0 Å². The zero-order valence-electron chi connectivity index (χ0n) is 8.43. The largest absolute Gasteiger partial charge is 0.478 e. The number of benzene rings is 1. The summed E-state index contributed by atoms with van der Waals surface area (Å²) < 4.78 is 4.87. The van der Waals surface area contributed by atoms with Crippen molar-refractivity contribution in [1.82, 2.24) is 4.90 Å². The Kier molecular flexibility index (Phi) is 3.28. The quantitative estimate of drug-likeness (QED) is 0.800. The standard InChI is InChI=1S/C10H11NO4/c1-11(2)10(14)15-8-6-4-3-5-7(8)9(12)13/h3-6H,1-2H3,(H,12,13). The maximum absolute atomic E-state index is 11.2. The summed E-state index contributed by atoms with van der Waals surface area (Å²) in [5, 5.41) is 8.81. The molecule has 1 amide bonds. The summed E-state index contributed by atoms with van der Waals surface area (Å²) in [6.45, 7) is 0. The van der Waals surface area contributed by atoms with Crippen molar-refractivity contribution >= 4 is 12.1 Å². The Morgan fingerprint density at radius 2 is 1.87 bits per heavy atom. The molecule has 0 aliphatic carbocycles. The van der Waals surface area contributed by atoms with Gasteiger partial charge in [0.2, 0.25) is 0 Å². The lowest BCUT2D eigenvalue weighted by atomic mass is 10.2. The molecule has 80 valence electrons. The SMILES string of the molecule is CN(C)C(=O)Oc1ccccc1C(=O)O. The van der Waals surface area contributed by atoms with Crippen LogP contribution in [-0.4, -0.2) is 36.2 Å². The molecule has 0 radical (unpaired) electrons. The molecule has 0 fully saturated rings. The molecule has 5 nitrogen and oxygen atoms in total. The van der Waals surface area contributed by atoms with Gasteiger partial charge in [-0.15, -0.1) is 0 Å². The summed E-state index contributed by atoms with van der Waals surface area (Å²) >= 11 is 0. The van der Waals surface area contributed by atoms with E-state index in [0.717, 1.165) is 0 Å². The van der Waals surface area contributed by atoms with Crippen LogP contribution in [0.15, 0.2) is 24.3 Å². The highest BCUT2D eigenvalue weighted by molar-refractivity contribution is 5.91. The van der Waals surface area contributed by atoms with E-state index < -0.39 is 12.1 Å². The lowest BCUT2D eigenvalue weighted by molar-refractivity contribution is 0.0693. The third-order valence-corrected chi connectivity index (χ3v) is 1.68. The zero-order valence-corrected chi connectivity index (χ0v) is 8.43. The second kappa shape index (κ2) is 4.45. The fourth-order valence-corrected chi connectivity index (χ4v) is 0.918. The Bertz CT molecular complexity index is 387. The summed E-state index contributed by atoms with van der Waals surface area (Å²) in [5.41, 5.74) is -0.0345. The van der Waals surface area contributed by atoms with Crippen molar-refractivity contribution in [3.63, 3.8) is 0 Å². The summed E-state index contributed by atoms with van der Waals surface area (Å²) in [6.07, 6.45) is -0.608. The van der Waals surface area contributed by atoms with E-state index in [4.69, 9.17) is 9.84 Å². The highest BCUT2D eigenvalue weighted by Crippen LogP contribution is 2.18. The lowest BCUT2D eigenvalue weighted by Crippen LogP contribution is -2.26. The minimum absolute atomic E-state index is 0.0345. The van der Waals surface area contributed by atoms with Gasteiger partial charge in [0.25, 0.3) is 0 Å². The van der Waals surface area contributed by atoms with Crippen molar-refractivity contribution in [3.05, 3.63) is 29.8 Å². The van der Waals surface area contributed by atoms with E-state index in [1.165, 1.54) is 31.1 Å². The first kappa shape index (κ1) is 11.0. The maximum atomic E-state index is 11.2. The van der Waals surface area contributed by atoms with Gasteiger partial charge in [-0.2, -0.15) is 0 Å². The van der Waals surface area contributed by atoms with E-state index >= 15 is 0 Å². The molecule has 0 unspecified atom stereocenters. The Balaban J connectivity index is 2.94. The van der Waals surface area contributed by atoms with E-state index in [1.54, 1.807) is 12.1 Å². The first-order valence-electron chi connectivity index (χ1n) is 4.24. The van der Waals surface area contributed by atoms with Crippen LogP contribution in [0.3, 0.4) is 0 Å². The first-order chi connectivity index (χ1) is 7.02. The third kappa shape index (κ3) is 2.70. The van der Waals surface area contributed by atoms with Crippen molar-refractivity contribution < 1.29 is 19.4 Å². The number of hydrogen-bond donors (Lipinski definition) is 1. The van der Waals surface area contributed by atoms with Gasteiger partial charge in [0, 0.05) is 14.1 Å². The minimum Gasteiger partial charge on any atom is -0.478 e. The van der Waals surface area contributed by atoms with Gasteiger partial charge in [0.1, 0.15) is 11.3 Å². The molecule has 0 saturated carbocycles. The van der Waals surface area contributed by atoms with Crippen molar-refractivity contribution in [2.45, 2.75) is 0 Å². The second-order valence-corrected chi connectivity index (χ2v) is 3.06. The summed E-state index contributed by atoms with van der Waals surface area (Å²) in [5.74, 6) is -1.08. The molecular formula is C10H11NO4. The number of carbonyl (C=O) groups is 2. The molecule has 0 heterocycles. The number of carboxylic acid groups (broad SMARTS) is 1. The molecule has 1 aromatic rings. The average Bonchev–Trinajstić information content (AvgIpc) is 2.18. The van der Waals surface area contributed by atoms with E-state index in [2.05, 4.69) is 0 Å². The van der Waals surface area contributed by atoms with Gasteiger partial charge in [-0.25, -0.2) is 9.59 Å². The van der Waals surface area contributed by atoms with Crippen LogP contribution in [0, 0.1) is 0 Å². The van der Waals surface area contributed by atoms with E-state index in [-0.39, 0.29) is 11.3 Å². The predicted molar refractivity (Wildman–Crippen MR) is 53.1 cm³/mol. The molecule has 0 aromatic heterocycles. The summed E-state index contributed by atoms with van der Waals surface area (Å²) in [4.78, 5) is 23.2. The average molecular weight is 209 g/mol. The van der Waals surface area contributed by atoms with Gasteiger partial charge in [-0.1, -0.05) is 12.1 Å². The molecule has 15 heavy (non-hydrogen) atoms. The zero-order chi connectivity index (χ0) is 11.4. The second-order valence-electron chi connectivity index (χ2n) is 3.06. The van der Waals surface area contributed by atoms with Crippen LogP contribution in [0.2, 0.25) is 0 Å². The predicted octanol–water partition coefficient (Wildman–Crippen LogP) is 1.45. The molecular weight excluding hydrogens is 198 g/mol. The number of aromatic carboxylic acids is 1. The van der Waals surface area contributed by atoms with Gasteiger partial charge in [0.05, 0.1) is 0 Å². The molecule has 5 heteroatoms. The van der Waals surface area contributed by atoms with Crippen LogP contribution in [0.4, 0.5) is 4.79 Å². The highest BCUT2D eigenvalue weighted by atomic mass is 16.6. The van der Waals surface area contributed by atoms with Crippen molar-refractivity contribution in [3.8, 4) is 5.75 Å². The van der Waals surface area contributed by atoms with E-state index in [1.807, 2.05) is 0 Å². The lowest BCUT2D eigenvalue weighted by Gasteiger charge is -2.11. The number of hydrogen-bond acceptors (Lipinski definition) is 3. The van der Waals surface area contributed by atoms with Gasteiger partial charge < -0.3 is 14.7 Å². The Labute approximate surface area is 86.9 Å². The summed E-state index contributed by atoms with van der Waals surface area (Å²) in [6, 6.07) is 5.98. The van der Waals surface area contributed by atoms with Gasteiger partial charge >= 0.3 is 12.1 Å². The molecule has 0 spiro atoms. The third-order valence-electron chi connectivity index (χ3n) is 1.68. The number of carboxylic acids is 1. The smallest absolute Gasteiger partial charge is 0.414 e. The van der Waals surface area contributed by atoms with Gasteiger partial charge in [-0.3, -0.25) is 0 Å². The van der Waals surface area contributed by atoms with Crippen LogP contribution < -0.4 is 4.74 Å². The first-order valence-corrected chi connectivity index (χ1v) is 4.24. The molecule has 1 rings (SSSR count). The molecule has 0 aliphatic heterocycles. The Morgan fingerprint density at radius 1 is 1.27 bits per heavy atom. The van der Waals surface area contributed by atoms with Crippen LogP contribution in [0.1, 0.15) is 10.4 Å². The van der Waals surface area contributed by atoms with Crippen LogP contribution in [0.5, 0.6) is 5.75 Å². The van der Waals surface area contributed by atoms with Crippen molar-refractivity contribution in [1.29, 1.82) is 0 Å². The van der Waals surface area contributed by atoms with E-state index in [0.29, 0.717) is 0 Å². The number of rotatable bonds is 2. The molecule has 0 bridgehead atoms. The summed E-state index contributed by atoms with van der Waals surface area (Å²) in [7, 11) is 3.04. The fourth-order valence-electron chi connectivity index (χ4n) is 0.918. The topological polar surface area (TPSA) is 66.8 Å². The van der Waals surface area contributed by atoms with Crippen LogP contribution >= 0.6 is 0 Å². The number of para-hydroxylation sites is 1. The van der Waals surface area contributed by atoms with Crippen molar-refractivity contribution in [2.24, 2.45) is 0 Å². The molecule has 0 atom stereocenters. The van der Waals surface area contributed by atoms with Gasteiger partial charge in [-0.05, 0) is 12.1 Å². The van der Waals surface area contributed by atoms with Gasteiger partial charge in [0.15, 0.2) is 0 Å². The number of nitrogens with zero attached hydrogens (tertiary/aromatic N) is 1. The Morgan fingerprint density at radius 3 is 2.40 bits per heavy atom. The molecule has 0 saturated heterocycles. The normalized spacial score (nSPS) is 9.47.